The zero-order valence-corrected chi connectivity index (χ0v) is 10.9. The highest BCUT2D eigenvalue weighted by molar-refractivity contribution is 5.86. The molecular weight excluding hydrogens is 242 g/mol. The first kappa shape index (κ1) is 12.9. The van der Waals surface area contributed by atoms with E-state index in [1.165, 1.54) is 0 Å². The number of nitrogen functional groups attached to an aromatic ring is 1. The van der Waals surface area contributed by atoms with Gasteiger partial charge < -0.3 is 15.2 Å². The van der Waals surface area contributed by atoms with Crippen molar-refractivity contribution < 1.29 is 4.79 Å². The fourth-order valence-corrected chi connectivity index (χ4v) is 1.85. The number of aromatic nitrogens is 2. The van der Waals surface area contributed by atoms with Gasteiger partial charge in [-0.15, -0.1) is 0 Å². The molecule has 6 heteroatoms. The van der Waals surface area contributed by atoms with E-state index in [1.54, 1.807) is 34.7 Å². The van der Waals surface area contributed by atoms with E-state index in [0.717, 1.165) is 0 Å². The van der Waals surface area contributed by atoms with Crippen LogP contribution in [0, 0.1) is 11.3 Å². The van der Waals surface area contributed by atoms with Gasteiger partial charge in [-0.25, -0.2) is 4.98 Å². The normalized spacial score (nSPS) is 10.4. The minimum atomic E-state index is -0.0455. The quantitative estimate of drug-likeness (QED) is 0.887. The number of carbonyl (C=O) groups excluding carboxylic acids is 1. The van der Waals surface area contributed by atoms with Gasteiger partial charge in [-0.1, -0.05) is 6.07 Å². The molecule has 0 bridgehead atoms. The largest absolute Gasteiger partial charge is 0.369 e. The molecule has 1 aromatic carbocycles. The number of nitrogens with zero attached hydrogens (tertiary/aromatic N) is 4. The first-order valence-corrected chi connectivity index (χ1v) is 5.97. The van der Waals surface area contributed by atoms with E-state index in [2.05, 4.69) is 11.1 Å². The van der Waals surface area contributed by atoms with Crippen molar-refractivity contribution in [2.75, 3.05) is 19.3 Å². The average molecular weight is 257 g/mol. The van der Waals surface area contributed by atoms with Crippen LogP contribution in [0.4, 0.5) is 5.95 Å². The Bertz CT molecular complexity index is 667. The minimum Gasteiger partial charge on any atom is -0.369 e. The van der Waals surface area contributed by atoms with E-state index in [4.69, 9.17) is 11.0 Å². The molecule has 1 amide bonds. The predicted octanol–water partition coefficient (Wildman–Crippen LogP) is 0.968. The molecule has 0 aliphatic carbocycles. The Morgan fingerprint density at radius 3 is 2.95 bits per heavy atom. The van der Waals surface area contributed by atoms with Crippen LogP contribution in [-0.4, -0.2) is 34.0 Å². The number of imidazole rings is 1. The molecule has 0 saturated carbocycles. The van der Waals surface area contributed by atoms with E-state index in [-0.39, 0.29) is 18.4 Å². The van der Waals surface area contributed by atoms with Gasteiger partial charge in [-0.2, -0.15) is 5.26 Å². The summed E-state index contributed by atoms with van der Waals surface area (Å²) in [6.07, 6.45) is 0. The Kier molecular flexibility index (Phi) is 3.38. The van der Waals surface area contributed by atoms with Crippen molar-refractivity contribution in [1.82, 2.24) is 14.5 Å². The van der Waals surface area contributed by atoms with Gasteiger partial charge in [-0.3, -0.25) is 4.79 Å². The Morgan fingerprint density at radius 2 is 2.32 bits per heavy atom. The number of carbonyl (C=O) groups is 1. The fourth-order valence-electron chi connectivity index (χ4n) is 1.85. The molecule has 6 nitrogen and oxygen atoms in total. The number of para-hydroxylation sites is 1. The van der Waals surface area contributed by atoms with Gasteiger partial charge in [0, 0.05) is 13.6 Å². The predicted molar refractivity (Wildman–Crippen MR) is 72.2 cm³/mol. The Labute approximate surface area is 111 Å². The van der Waals surface area contributed by atoms with Crippen molar-refractivity contribution in [3.63, 3.8) is 0 Å². The molecule has 2 aromatic rings. The number of rotatable bonds is 3. The number of amides is 1. The van der Waals surface area contributed by atoms with Crippen molar-refractivity contribution in [3.8, 4) is 6.07 Å². The fraction of sp³-hybridized carbons (Fsp3) is 0.308. The molecule has 0 spiro atoms. The smallest absolute Gasteiger partial charge is 0.242 e. The van der Waals surface area contributed by atoms with Gasteiger partial charge in [0.2, 0.25) is 11.9 Å². The number of hydrogen-bond acceptors (Lipinski definition) is 4. The SMILES string of the molecule is CCN(C)C(=O)Cn1c(N)nc2c(C#N)cccc21. The summed E-state index contributed by atoms with van der Waals surface area (Å²) in [5.41, 5.74) is 7.54. The maximum absolute atomic E-state index is 11.9. The topological polar surface area (TPSA) is 87.9 Å². The number of nitrogens with two attached hydrogens (primary N) is 1. The summed E-state index contributed by atoms with van der Waals surface area (Å²) in [6, 6.07) is 7.31. The van der Waals surface area contributed by atoms with Crippen LogP contribution >= 0.6 is 0 Å². The summed E-state index contributed by atoms with van der Waals surface area (Å²) >= 11 is 0. The third kappa shape index (κ3) is 2.22. The maximum Gasteiger partial charge on any atom is 0.242 e. The summed E-state index contributed by atoms with van der Waals surface area (Å²) in [7, 11) is 1.73. The second kappa shape index (κ2) is 4.98. The van der Waals surface area contributed by atoms with Crippen LogP contribution in [0.5, 0.6) is 0 Å². The molecule has 98 valence electrons. The summed E-state index contributed by atoms with van der Waals surface area (Å²) < 4.78 is 1.63. The molecular formula is C13H15N5O. The highest BCUT2D eigenvalue weighted by Crippen LogP contribution is 2.21. The molecule has 1 heterocycles. The zero-order chi connectivity index (χ0) is 14.0. The molecule has 0 atom stereocenters. The third-order valence-electron chi connectivity index (χ3n) is 3.12. The van der Waals surface area contributed by atoms with Crippen LogP contribution < -0.4 is 5.73 Å². The molecule has 19 heavy (non-hydrogen) atoms. The third-order valence-corrected chi connectivity index (χ3v) is 3.12. The summed E-state index contributed by atoms with van der Waals surface area (Å²) in [6.45, 7) is 2.66. The summed E-state index contributed by atoms with van der Waals surface area (Å²) in [4.78, 5) is 17.7. The van der Waals surface area contributed by atoms with E-state index in [1.807, 2.05) is 6.92 Å². The highest BCUT2D eigenvalue weighted by atomic mass is 16.2. The van der Waals surface area contributed by atoms with Gasteiger partial charge in [-0.05, 0) is 19.1 Å². The van der Waals surface area contributed by atoms with Crippen LogP contribution in [0.3, 0.4) is 0 Å². The monoisotopic (exact) mass is 257 g/mol. The van der Waals surface area contributed by atoms with Crippen molar-refractivity contribution >= 4 is 22.9 Å². The van der Waals surface area contributed by atoms with Gasteiger partial charge in [0.1, 0.15) is 18.1 Å². The number of anilines is 1. The number of fused-ring (bicyclic) bond motifs is 1. The zero-order valence-electron chi connectivity index (χ0n) is 10.9. The first-order valence-electron chi connectivity index (χ1n) is 5.97. The van der Waals surface area contributed by atoms with Crippen molar-refractivity contribution in [2.45, 2.75) is 13.5 Å². The summed E-state index contributed by atoms with van der Waals surface area (Å²) in [5.74, 6) is 0.200. The molecule has 0 saturated heterocycles. The highest BCUT2D eigenvalue weighted by Gasteiger charge is 2.15. The van der Waals surface area contributed by atoms with Crippen LogP contribution in [-0.2, 0) is 11.3 Å². The summed E-state index contributed by atoms with van der Waals surface area (Å²) in [5, 5.41) is 9.03. The lowest BCUT2D eigenvalue weighted by atomic mass is 10.2. The van der Waals surface area contributed by atoms with Gasteiger partial charge in [0.25, 0.3) is 0 Å². The second-order valence-corrected chi connectivity index (χ2v) is 4.25. The first-order chi connectivity index (χ1) is 9.08. The Morgan fingerprint density at radius 1 is 1.58 bits per heavy atom. The van der Waals surface area contributed by atoms with Crippen molar-refractivity contribution in [2.24, 2.45) is 0 Å². The molecule has 0 aliphatic rings. The molecule has 0 unspecified atom stereocenters. The van der Waals surface area contributed by atoms with Crippen molar-refractivity contribution in [1.29, 1.82) is 5.26 Å². The van der Waals surface area contributed by atoms with Crippen LogP contribution in [0.25, 0.3) is 11.0 Å². The lowest BCUT2D eigenvalue weighted by Crippen LogP contribution is -2.30. The average Bonchev–Trinajstić information content (AvgIpc) is 2.74. The standard InChI is InChI=1S/C13H15N5O/c1-3-17(2)11(19)8-18-10-6-4-5-9(7-14)12(10)16-13(18)15/h4-6H,3,8H2,1-2H3,(H2,15,16). The lowest BCUT2D eigenvalue weighted by molar-refractivity contribution is -0.130. The number of nitriles is 1. The maximum atomic E-state index is 11.9. The molecule has 0 aliphatic heterocycles. The number of likely N-dealkylation sites (N-methyl/N-ethyl adjacent to an activating group) is 1. The molecule has 0 fully saturated rings. The molecule has 2 rings (SSSR count). The molecule has 2 N–H and O–H groups in total. The Balaban J connectivity index is 2.47. The molecule has 1 aromatic heterocycles. The van der Waals surface area contributed by atoms with Crippen molar-refractivity contribution in [3.05, 3.63) is 23.8 Å². The van der Waals surface area contributed by atoms with Gasteiger partial charge >= 0.3 is 0 Å². The van der Waals surface area contributed by atoms with Crippen LogP contribution in [0.15, 0.2) is 18.2 Å². The number of benzene rings is 1. The van der Waals surface area contributed by atoms with Gasteiger partial charge in [0.15, 0.2) is 0 Å². The van der Waals surface area contributed by atoms with Crippen LogP contribution in [0.2, 0.25) is 0 Å². The lowest BCUT2D eigenvalue weighted by Gasteiger charge is -2.15. The van der Waals surface area contributed by atoms with Gasteiger partial charge in [0.05, 0.1) is 11.1 Å². The number of hydrogen-bond donors (Lipinski definition) is 1. The van der Waals surface area contributed by atoms with E-state index in [9.17, 15) is 4.79 Å². The Hall–Kier alpha value is -2.55. The second-order valence-electron chi connectivity index (χ2n) is 4.25. The molecule has 0 radical (unpaired) electrons. The van der Waals surface area contributed by atoms with E-state index in [0.29, 0.717) is 23.1 Å². The minimum absolute atomic E-state index is 0.0455. The van der Waals surface area contributed by atoms with Crippen LogP contribution in [0.1, 0.15) is 12.5 Å². The van der Waals surface area contributed by atoms with E-state index >= 15 is 0 Å². The van der Waals surface area contributed by atoms with E-state index < -0.39 is 0 Å².